The van der Waals surface area contributed by atoms with Gasteiger partial charge in [-0.05, 0) is 37.6 Å². The van der Waals surface area contributed by atoms with Crippen LogP contribution >= 0.6 is 11.6 Å². The number of sulfone groups is 1. The van der Waals surface area contributed by atoms with E-state index in [0.29, 0.717) is 10.6 Å². The van der Waals surface area contributed by atoms with Crippen LogP contribution in [-0.2, 0) is 9.84 Å². The molecule has 0 bridgehead atoms. The maximum atomic E-state index is 12.1. The van der Waals surface area contributed by atoms with Gasteiger partial charge >= 0.3 is 6.03 Å². The molecular weight excluding hydrogens is 300 g/mol. The summed E-state index contributed by atoms with van der Waals surface area (Å²) in [5, 5.41) is 3.21. The van der Waals surface area contributed by atoms with Gasteiger partial charge in [0.2, 0.25) is 0 Å². The minimum Gasteiger partial charge on any atom is -0.336 e. The summed E-state index contributed by atoms with van der Waals surface area (Å²) in [6.45, 7) is 3.70. The Hall–Kier alpha value is -1.27. The van der Waals surface area contributed by atoms with Gasteiger partial charge in [-0.3, -0.25) is 0 Å². The molecule has 2 rings (SSSR count). The van der Waals surface area contributed by atoms with Crippen LogP contribution in [0.4, 0.5) is 4.79 Å². The molecule has 1 aliphatic rings. The molecule has 1 heterocycles. The lowest BCUT2D eigenvalue weighted by Gasteiger charge is -2.25. The Morgan fingerprint density at radius 2 is 2.10 bits per heavy atom. The van der Waals surface area contributed by atoms with Crippen LogP contribution in [0.5, 0.6) is 0 Å². The molecule has 0 spiro atoms. The van der Waals surface area contributed by atoms with Crippen molar-refractivity contribution >= 4 is 27.5 Å². The summed E-state index contributed by atoms with van der Waals surface area (Å²) in [6, 6.07) is 3.85. The highest BCUT2D eigenvalue weighted by Gasteiger charge is 2.38. The van der Waals surface area contributed by atoms with Crippen LogP contribution in [0.1, 0.15) is 25.5 Å². The molecule has 1 aliphatic heterocycles. The van der Waals surface area contributed by atoms with Crippen molar-refractivity contribution in [2.75, 3.05) is 12.8 Å². The zero-order chi connectivity index (χ0) is 15.1. The predicted octanol–water partition coefficient (Wildman–Crippen LogP) is 2.22. The van der Waals surface area contributed by atoms with Gasteiger partial charge in [0.1, 0.15) is 0 Å². The molecule has 20 heavy (non-hydrogen) atoms. The third-order valence-corrected chi connectivity index (χ3v) is 5.27. The molecule has 0 aromatic heterocycles. The lowest BCUT2D eigenvalue weighted by molar-refractivity contribution is 0.193. The molecule has 0 aliphatic carbocycles. The topological polar surface area (TPSA) is 66.5 Å². The van der Waals surface area contributed by atoms with Crippen LogP contribution in [0.2, 0.25) is 5.02 Å². The van der Waals surface area contributed by atoms with E-state index in [0.717, 1.165) is 0 Å². The second kappa shape index (κ2) is 5.26. The molecule has 0 fully saturated rings. The third-order valence-electron chi connectivity index (χ3n) is 3.24. The Bertz CT molecular complexity index is 643. The van der Waals surface area contributed by atoms with Gasteiger partial charge in [-0.1, -0.05) is 11.6 Å². The molecule has 0 saturated carbocycles. The maximum Gasteiger partial charge on any atom is 0.317 e. The molecule has 5 nitrogen and oxygen atoms in total. The molecule has 1 atom stereocenters. The van der Waals surface area contributed by atoms with Crippen molar-refractivity contribution < 1.29 is 13.2 Å². The number of hydrogen-bond donors (Lipinski definition) is 1. The Morgan fingerprint density at radius 3 is 2.70 bits per heavy atom. The first-order chi connectivity index (χ1) is 9.22. The number of carbonyl (C=O) groups is 1. The second-order valence-electron chi connectivity index (χ2n) is 5.19. The largest absolute Gasteiger partial charge is 0.336 e. The standard InChI is InChI=1S/C13H17ClN2O3S/c1-8(2)15-13(17)16(3)11-7-20(18,19)12-5-4-9(14)6-10(11)12/h4-6,8,11H,7H2,1-3H3,(H,15,17)/t11-/m1/s1. The third kappa shape index (κ3) is 2.76. The van der Waals surface area contributed by atoms with Gasteiger partial charge in [0, 0.05) is 18.1 Å². The second-order valence-corrected chi connectivity index (χ2v) is 7.63. The monoisotopic (exact) mass is 316 g/mol. The summed E-state index contributed by atoms with van der Waals surface area (Å²) in [7, 11) is -1.77. The summed E-state index contributed by atoms with van der Waals surface area (Å²) in [5.74, 6) is -0.106. The smallest absolute Gasteiger partial charge is 0.317 e. The SMILES string of the molecule is CC(C)NC(=O)N(C)[C@@H]1CS(=O)(=O)c2ccc(Cl)cc21. The first kappa shape index (κ1) is 15.1. The summed E-state index contributed by atoms with van der Waals surface area (Å²) >= 11 is 5.94. The van der Waals surface area contributed by atoms with E-state index in [9.17, 15) is 13.2 Å². The van der Waals surface area contributed by atoms with Crippen LogP contribution in [0.3, 0.4) is 0 Å². The number of urea groups is 1. The fourth-order valence-corrected chi connectivity index (χ4v) is 4.27. The van der Waals surface area contributed by atoms with Gasteiger partial charge < -0.3 is 10.2 Å². The number of rotatable bonds is 2. The summed E-state index contributed by atoms with van der Waals surface area (Å²) in [5.41, 5.74) is 0.582. The predicted molar refractivity (Wildman–Crippen MR) is 77.7 cm³/mol. The Morgan fingerprint density at radius 1 is 1.45 bits per heavy atom. The highest BCUT2D eigenvalue weighted by molar-refractivity contribution is 7.91. The van der Waals surface area contributed by atoms with Gasteiger partial charge in [-0.2, -0.15) is 0 Å². The highest BCUT2D eigenvalue weighted by Crippen LogP contribution is 2.38. The van der Waals surface area contributed by atoms with Crippen molar-refractivity contribution in [3.63, 3.8) is 0 Å². The zero-order valence-electron chi connectivity index (χ0n) is 11.6. The molecule has 0 unspecified atom stereocenters. The van der Waals surface area contributed by atoms with E-state index in [2.05, 4.69) is 5.32 Å². The van der Waals surface area contributed by atoms with Crippen molar-refractivity contribution in [2.45, 2.75) is 30.8 Å². The van der Waals surface area contributed by atoms with Crippen LogP contribution in [0.25, 0.3) is 0 Å². The number of amides is 2. The number of nitrogens with zero attached hydrogens (tertiary/aromatic N) is 1. The Balaban J connectivity index is 2.37. The van der Waals surface area contributed by atoms with E-state index in [4.69, 9.17) is 11.6 Å². The lowest BCUT2D eigenvalue weighted by Crippen LogP contribution is -2.43. The minimum absolute atomic E-state index is 0.0122. The molecule has 0 saturated heterocycles. The number of carbonyl (C=O) groups excluding carboxylic acids is 1. The van der Waals surface area contributed by atoms with Crippen LogP contribution in [-0.4, -0.2) is 38.2 Å². The van der Waals surface area contributed by atoms with Crippen molar-refractivity contribution in [3.8, 4) is 0 Å². The normalized spacial score (nSPS) is 19.8. The maximum absolute atomic E-state index is 12.1. The van der Waals surface area contributed by atoms with Gasteiger partial charge in [0.05, 0.1) is 16.7 Å². The number of hydrogen-bond acceptors (Lipinski definition) is 3. The molecule has 0 radical (unpaired) electrons. The molecule has 110 valence electrons. The summed E-state index contributed by atoms with van der Waals surface area (Å²) in [6.07, 6.45) is 0. The van der Waals surface area contributed by atoms with E-state index in [1.54, 1.807) is 19.2 Å². The van der Waals surface area contributed by atoms with Gasteiger partial charge in [-0.15, -0.1) is 0 Å². The molecule has 1 N–H and O–H groups in total. The first-order valence-electron chi connectivity index (χ1n) is 6.28. The van der Waals surface area contributed by atoms with Crippen molar-refractivity contribution in [1.82, 2.24) is 10.2 Å². The van der Waals surface area contributed by atoms with E-state index < -0.39 is 15.9 Å². The number of nitrogens with one attached hydrogen (secondary N) is 1. The van der Waals surface area contributed by atoms with Crippen molar-refractivity contribution in [2.24, 2.45) is 0 Å². The van der Waals surface area contributed by atoms with Crippen molar-refractivity contribution in [1.29, 1.82) is 0 Å². The van der Waals surface area contributed by atoms with Crippen molar-refractivity contribution in [3.05, 3.63) is 28.8 Å². The fourth-order valence-electron chi connectivity index (χ4n) is 2.26. The van der Waals surface area contributed by atoms with Crippen LogP contribution in [0, 0.1) is 0 Å². The first-order valence-corrected chi connectivity index (χ1v) is 8.31. The molecule has 2 amide bonds. The number of fused-ring (bicyclic) bond motifs is 1. The molecule has 1 aromatic carbocycles. The average molecular weight is 317 g/mol. The molecule has 7 heteroatoms. The van der Waals surface area contributed by atoms with E-state index in [1.807, 2.05) is 13.8 Å². The summed E-state index contributed by atoms with van der Waals surface area (Å²) in [4.78, 5) is 13.7. The average Bonchev–Trinajstić information content (AvgIpc) is 2.59. The number of halogens is 1. The van der Waals surface area contributed by atoms with E-state index in [1.165, 1.54) is 11.0 Å². The zero-order valence-corrected chi connectivity index (χ0v) is 13.1. The van der Waals surface area contributed by atoms with Gasteiger partial charge in [0.15, 0.2) is 9.84 Å². The van der Waals surface area contributed by atoms with E-state index in [-0.39, 0.29) is 22.7 Å². The Kier molecular flexibility index (Phi) is 3.97. The van der Waals surface area contributed by atoms with E-state index >= 15 is 0 Å². The Labute approximate surface area is 123 Å². The highest BCUT2D eigenvalue weighted by atomic mass is 35.5. The molecular formula is C13H17ClN2O3S. The van der Waals surface area contributed by atoms with Gasteiger partial charge in [0.25, 0.3) is 0 Å². The number of benzene rings is 1. The van der Waals surface area contributed by atoms with Gasteiger partial charge in [-0.25, -0.2) is 13.2 Å². The van der Waals surface area contributed by atoms with Crippen LogP contribution in [0.15, 0.2) is 23.1 Å². The molecule has 1 aromatic rings. The minimum atomic E-state index is -3.36. The van der Waals surface area contributed by atoms with Crippen LogP contribution < -0.4 is 5.32 Å². The quantitative estimate of drug-likeness (QED) is 0.909. The summed E-state index contributed by atoms with van der Waals surface area (Å²) < 4.78 is 24.2. The lowest BCUT2D eigenvalue weighted by atomic mass is 10.1. The fraction of sp³-hybridized carbons (Fsp3) is 0.462.